The van der Waals surface area contributed by atoms with Gasteiger partial charge < -0.3 is 9.32 Å². The van der Waals surface area contributed by atoms with E-state index in [0.717, 1.165) is 29.7 Å². The molecule has 1 saturated heterocycles. The summed E-state index contributed by atoms with van der Waals surface area (Å²) in [6.45, 7) is 8.83. The zero-order chi connectivity index (χ0) is 19.9. The number of hydrogen-bond acceptors (Lipinski definition) is 5. The SMILES string of the molecule is Cc1cc(C(C)(C)C)oc1C(=O)N1CCCC1c1nc(-c2cccnc2)n[nH]1. The van der Waals surface area contributed by atoms with Gasteiger partial charge in [0.2, 0.25) is 0 Å². The van der Waals surface area contributed by atoms with Crippen LogP contribution >= 0.6 is 0 Å². The van der Waals surface area contributed by atoms with Crippen molar-refractivity contribution in [2.24, 2.45) is 0 Å². The van der Waals surface area contributed by atoms with Gasteiger partial charge in [-0.05, 0) is 38.0 Å². The zero-order valence-electron chi connectivity index (χ0n) is 16.7. The number of aryl methyl sites for hydroxylation is 1. The van der Waals surface area contributed by atoms with Crippen LogP contribution in [0.4, 0.5) is 0 Å². The minimum absolute atomic E-state index is 0.0881. The number of aromatic nitrogens is 4. The number of carbonyl (C=O) groups is 1. The van der Waals surface area contributed by atoms with Crippen molar-refractivity contribution in [3.05, 3.63) is 53.5 Å². The van der Waals surface area contributed by atoms with Crippen molar-refractivity contribution < 1.29 is 9.21 Å². The largest absolute Gasteiger partial charge is 0.455 e. The number of rotatable bonds is 3. The number of furan rings is 1. The fourth-order valence-electron chi connectivity index (χ4n) is 3.54. The average molecular weight is 379 g/mol. The molecule has 0 bridgehead atoms. The molecule has 0 saturated carbocycles. The van der Waals surface area contributed by atoms with Crippen LogP contribution in [0.2, 0.25) is 0 Å². The van der Waals surface area contributed by atoms with E-state index in [0.29, 0.717) is 24.0 Å². The molecule has 28 heavy (non-hydrogen) atoms. The Kier molecular flexibility index (Phi) is 4.53. The number of likely N-dealkylation sites (tertiary alicyclic amines) is 1. The molecular weight excluding hydrogens is 354 g/mol. The van der Waals surface area contributed by atoms with Gasteiger partial charge in [0.15, 0.2) is 11.6 Å². The molecule has 3 aromatic rings. The molecule has 0 aliphatic carbocycles. The topological polar surface area (TPSA) is 87.9 Å². The molecule has 1 fully saturated rings. The highest BCUT2D eigenvalue weighted by atomic mass is 16.4. The number of carbonyl (C=O) groups excluding carboxylic acids is 1. The molecule has 7 nitrogen and oxygen atoms in total. The van der Waals surface area contributed by atoms with Crippen LogP contribution < -0.4 is 0 Å². The summed E-state index contributed by atoms with van der Waals surface area (Å²) in [5.74, 6) is 2.44. The van der Waals surface area contributed by atoms with Crippen LogP contribution in [-0.4, -0.2) is 37.5 Å². The van der Waals surface area contributed by atoms with Gasteiger partial charge in [0.25, 0.3) is 5.91 Å². The normalized spacial score (nSPS) is 17.3. The molecule has 4 heterocycles. The highest BCUT2D eigenvalue weighted by Crippen LogP contribution is 2.34. The molecule has 1 atom stereocenters. The van der Waals surface area contributed by atoms with Crippen LogP contribution in [0.25, 0.3) is 11.4 Å². The van der Waals surface area contributed by atoms with Gasteiger partial charge >= 0.3 is 0 Å². The number of aromatic amines is 1. The maximum absolute atomic E-state index is 13.2. The van der Waals surface area contributed by atoms with Crippen molar-refractivity contribution in [2.75, 3.05) is 6.54 Å². The molecule has 1 aliphatic rings. The molecule has 0 radical (unpaired) electrons. The molecule has 1 amide bonds. The summed E-state index contributed by atoms with van der Waals surface area (Å²) in [6, 6.07) is 5.60. The van der Waals surface area contributed by atoms with Crippen LogP contribution in [-0.2, 0) is 5.41 Å². The second kappa shape index (κ2) is 6.89. The fourth-order valence-corrected chi connectivity index (χ4v) is 3.54. The maximum atomic E-state index is 13.2. The monoisotopic (exact) mass is 379 g/mol. The van der Waals surface area contributed by atoms with E-state index >= 15 is 0 Å². The van der Waals surface area contributed by atoms with Gasteiger partial charge in [-0.15, -0.1) is 0 Å². The lowest BCUT2D eigenvalue weighted by Gasteiger charge is -2.22. The summed E-state index contributed by atoms with van der Waals surface area (Å²) < 4.78 is 5.97. The van der Waals surface area contributed by atoms with E-state index in [2.05, 4.69) is 40.9 Å². The number of nitrogens with zero attached hydrogens (tertiary/aromatic N) is 4. The van der Waals surface area contributed by atoms with Crippen molar-refractivity contribution >= 4 is 5.91 Å². The predicted octanol–water partition coefficient (Wildman–Crippen LogP) is 4.04. The quantitative estimate of drug-likeness (QED) is 0.742. The predicted molar refractivity (Wildman–Crippen MR) is 105 cm³/mol. The minimum Gasteiger partial charge on any atom is -0.455 e. The lowest BCUT2D eigenvalue weighted by molar-refractivity contribution is 0.0693. The summed E-state index contributed by atoms with van der Waals surface area (Å²) in [7, 11) is 0. The Hall–Kier alpha value is -2.96. The van der Waals surface area contributed by atoms with Crippen LogP contribution in [0.5, 0.6) is 0 Å². The van der Waals surface area contributed by atoms with E-state index < -0.39 is 0 Å². The molecule has 1 aliphatic heterocycles. The number of amides is 1. The van der Waals surface area contributed by atoms with Gasteiger partial charge in [-0.3, -0.25) is 14.9 Å². The van der Waals surface area contributed by atoms with Crippen molar-refractivity contribution in [1.82, 2.24) is 25.1 Å². The Morgan fingerprint density at radius 1 is 1.36 bits per heavy atom. The smallest absolute Gasteiger partial charge is 0.290 e. The van der Waals surface area contributed by atoms with E-state index in [1.54, 1.807) is 12.4 Å². The Morgan fingerprint density at radius 2 is 2.18 bits per heavy atom. The van der Waals surface area contributed by atoms with E-state index in [1.807, 2.05) is 30.0 Å². The maximum Gasteiger partial charge on any atom is 0.290 e. The summed E-state index contributed by atoms with van der Waals surface area (Å²) in [4.78, 5) is 23.8. The lowest BCUT2D eigenvalue weighted by Crippen LogP contribution is -2.31. The van der Waals surface area contributed by atoms with E-state index in [1.165, 1.54) is 0 Å². The molecule has 146 valence electrons. The van der Waals surface area contributed by atoms with Gasteiger partial charge in [0, 0.05) is 35.5 Å². The molecule has 1 N–H and O–H groups in total. The summed E-state index contributed by atoms with van der Waals surface area (Å²) >= 11 is 0. The first kappa shape index (κ1) is 18.4. The zero-order valence-corrected chi connectivity index (χ0v) is 16.7. The van der Waals surface area contributed by atoms with E-state index in [9.17, 15) is 4.79 Å². The van der Waals surface area contributed by atoms with Crippen LogP contribution in [0, 0.1) is 6.92 Å². The first-order valence-corrected chi connectivity index (χ1v) is 9.59. The highest BCUT2D eigenvalue weighted by molar-refractivity contribution is 5.93. The first-order valence-electron chi connectivity index (χ1n) is 9.59. The molecule has 4 rings (SSSR count). The number of H-pyrrole nitrogens is 1. The van der Waals surface area contributed by atoms with Gasteiger partial charge in [-0.2, -0.15) is 5.10 Å². The molecule has 7 heteroatoms. The van der Waals surface area contributed by atoms with E-state index in [4.69, 9.17) is 4.42 Å². The molecule has 3 aromatic heterocycles. The third kappa shape index (κ3) is 3.32. The third-order valence-corrected chi connectivity index (χ3v) is 5.10. The second-order valence-electron chi connectivity index (χ2n) is 8.32. The fraction of sp³-hybridized carbons (Fsp3) is 0.429. The first-order chi connectivity index (χ1) is 13.3. The lowest BCUT2D eigenvalue weighted by atomic mass is 9.93. The van der Waals surface area contributed by atoms with Crippen molar-refractivity contribution in [1.29, 1.82) is 0 Å². The van der Waals surface area contributed by atoms with Crippen molar-refractivity contribution in [3.63, 3.8) is 0 Å². The summed E-state index contributed by atoms with van der Waals surface area (Å²) in [5.41, 5.74) is 1.57. The summed E-state index contributed by atoms with van der Waals surface area (Å²) in [6.07, 6.45) is 5.21. The highest BCUT2D eigenvalue weighted by Gasteiger charge is 2.35. The number of pyridine rings is 1. The minimum atomic E-state index is -0.142. The Bertz CT molecular complexity index is 984. The standard InChI is InChI=1S/C21H25N5O2/c1-13-11-16(21(2,3)4)28-17(13)20(27)26-10-6-8-15(26)19-23-18(24-25-19)14-7-5-9-22-12-14/h5,7,9,11-12,15H,6,8,10H2,1-4H3,(H,23,24,25). The van der Waals surface area contributed by atoms with Crippen LogP contribution in [0.1, 0.15) is 67.4 Å². The Morgan fingerprint density at radius 3 is 2.86 bits per heavy atom. The van der Waals surface area contributed by atoms with E-state index in [-0.39, 0.29) is 17.4 Å². The van der Waals surface area contributed by atoms with Crippen molar-refractivity contribution in [3.8, 4) is 11.4 Å². The molecule has 0 aromatic carbocycles. The summed E-state index contributed by atoms with van der Waals surface area (Å²) in [5, 5.41) is 7.33. The number of hydrogen-bond donors (Lipinski definition) is 1. The van der Waals surface area contributed by atoms with Crippen LogP contribution in [0.3, 0.4) is 0 Å². The Balaban J connectivity index is 1.60. The molecule has 0 spiro atoms. The van der Waals surface area contributed by atoms with Gasteiger partial charge in [0.05, 0.1) is 6.04 Å². The molecule has 1 unspecified atom stereocenters. The van der Waals surface area contributed by atoms with Gasteiger partial charge in [-0.25, -0.2) is 4.98 Å². The number of nitrogens with one attached hydrogen (secondary N) is 1. The average Bonchev–Trinajstić information content (AvgIpc) is 3.40. The third-order valence-electron chi connectivity index (χ3n) is 5.10. The second-order valence-corrected chi connectivity index (χ2v) is 8.32. The molecular formula is C21H25N5O2. The Labute approximate surface area is 164 Å². The van der Waals surface area contributed by atoms with Crippen LogP contribution in [0.15, 0.2) is 35.0 Å². The van der Waals surface area contributed by atoms with Gasteiger partial charge in [0.1, 0.15) is 11.6 Å². The van der Waals surface area contributed by atoms with Gasteiger partial charge in [-0.1, -0.05) is 20.8 Å². The van der Waals surface area contributed by atoms with Crippen molar-refractivity contribution in [2.45, 2.75) is 52.0 Å².